The molecule has 0 rings (SSSR count). The Balaban J connectivity index is 2.83. The van der Waals surface area contributed by atoms with Crippen LogP contribution < -0.4 is 5.90 Å². The SMILES string of the molecule is CC(=O)CCCCON. The summed E-state index contributed by atoms with van der Waals surface area (Å²) in [7, 11) is 0. The number of nitrogens with two attached hydrogens (primary N) is 1. The minimum atomic E-state index is 0.229. The van der Waals surface area contributed by atoms with Crippen molar-refractivity contribution in [1.29, 1.82) is 0 Å². The summed E-state index contributed by atoms with van der Waals surface area (Å²) in [6, 6.07) is 0. The Morgan fingerprint density at radius 1 is 1.56 bits per heavy atom. The van der Waals surface area contributed by atoms with Gasteiger partial charge in [-0.2, -0.15) is 0 Å². The standard InChI is InChI=1S/C6H13NO2/c1-6(8)4-2-3-5-9-7/h2-5,7H2,1H3. The minimum absolute atomic E-state index is 0.229. The van der Waals surface area contributed by atoms with Crippen LogP contribution in [0, 0.1) is 0 Å². The molecule has 0 atom stereocenters. The van der Waals surface area contributed by atoms with Crippen LogP contribution in [-0.2, 0) is 9.63 Å². The van der Waals surface area contributed by atoms with E-state index < -0.39 is 0 Å². The van der Waals surface area contributed by atoms with Crippen LogP contribution in [0.15, 0.2) is 0 Å². The second kappa shape index (κ2) is 5.72. The predicted molar refractivity (Wildman–Crippen MR) is 34.7 cm³/mol. The van der Waals surface area contributed by atoms with Gasteiger partial charge in [0.05, 0.1) is 6.61 Å². The van der Waals surface area contributed by atoms with Crippen LogP contribution in [0.2, 0.25) is 0 Å². The quantitative estimate of drug-likeness (QED) is 0.440. The van der Waals surface area contributed by atoms with Gasteiger partial charge in [-0.1, -0.05) is 0 Å². The zero-order chi connectivity index (χ0) is 7.11. The zero-order valence-electron chi connectivity index (χ0n) is 5.72. The van der Waals surface area contributed by atoms with Crippen LogP contribution in [0.3, 0.4) is 0 Å². The summed E-state index contributed by atoms with van der Waals surface area (Å²) in [5.41, 5.74) is 0. The number of Topliss-reactive ketones (excluding diaryl/α,β-unsaturated/α-hetero) is 1. The molecule has 0 saturated heterocycles. The Labute approximate surface area is 55.1 Å². The second-order valence-corrected chi connectivity index (χ2v) is 2.03. The normalized spacial score (nSPS) is 9.56. The third kappa shape index (κ3) is 7.59. The molecule has 0 aliphatic heterocycles. The first-order valence-electron chi connectivity index (χ1n) is 3.08. The molecule has 0 fully saturated rings. The number of hydrogen-bond acceptors (Lipinski definition) is 3. The van der Waals surface area contributed by atoms with E-state index >= 15 is 0 Å². The van der Waals surface area contributed by atoms with E-state index in [1.165, 1.54) is 0 Å². The van der Waals surface area contributed by atoms with Gasteiger partial charge in [-0.15, -0.1) is 0 Å². The average molecular weight is 131 g/mol. The van der Waals surface area contributed by atoms with Crippen molar-refractivity contribution in [2.45, 2.75) is 26.2 Å². The van der Waals surface area contributed by atoms with Crippen molar-refractivity contribution < 1.29 is 9.63 Å². The maximum absolute atomic E-state index is 10.3. The van der Waals surface area contributed by atoms with Crippen molar-refractivity contribution in [3.8, 4) is 0 Å². The fraction of sp³-hybridized carbons (Fsp3) is 0.833. The molecular weight excluding hydrogens is 118 g/mol. The molecule has 0 heterocycles. The first kappa shape index (κ1) is 8.59. The molecule has 0 aromatic heterocycles. The van der Waals surface area contributed by atoms with Crippen LogP contribution >= 0.6 is 0 Å². The fourth-order valence-corrected chi connectivity index (χ4v) is 0.559. The first-order chi connectivity index (χ1) is 4.27. The molecule has 0 amide bonds. The van der Waals surface area contributed by atoms with E-state index in [1.54, 1.807) is 6.92 Å². The van der Waals surface area contributed by atoms with Gasteiger partial charge >= 0.3 is 0 Å². The van der Waals surface area contributed by atoms with Gasteiger partial charge in [0.2, 0.25) is 0 Å². The molecule has 0 aliphatic rings. The van der Waals surface area contributed by atoms with Gasteiger partial charge in [-0.05, 0) is 19.8 Å². The number of rotatable bonds is 5. The van der Waals surface area contributed by atoms with E-state index in [9.17, 15) is 4.79 Å². The van der Waals surface area contributed by atoms with Gasteiger partial charge in [0.1, 0.15) is 5.78 Å². The Bertz CT molecular complexity index is 83.1. The summed E-state index contributed by atoms with van der Waals surface area (Å²) in [4.78, 5) is 14.6. The summed E-state index contributed by atoms with van der Waals surface area (Å²) in [5, 5.41) is 0. The Morgan fingerprint density at radius 3 is 2.67 bits per heavy atom. The summed E-state index contributed by atoms with van der Waals surface area (Å²) in [6.45, 7) is 2.14. The number of carbonyl (C=O) groups excluding carboxylic acids is 1. The lowest BCUT2D eigenvalue weighted by Gasteiger charge is -1.94. The highest BCUT2D eigenvalue weighted by molar-refractivity contribution is 5.75. The molecule has 0 unspecified atom stereocenters. The highest BCUT2D eigenvalue weighted by atomic mass is 16.6. The third-order valence-corrected chi connectivity index (χ3v) is 1.04. The van der Waals surface area contributed by atoms with Crippen molar-refractivity contribution in [3.63, 3.8) is 0 Å². The maximum atomic E-state index is 10.3. The Morgan fingerprint density at radius 2 is 2.22 bits per heavy atom. The van der Waals surface area contributed by atoms with E-state index in [2.05, 4.69) is 4.84 Å². The maximum Gasteiger partial charge on any atom is 0.129 e. The lowest BCUT2D eigenvalue weighted by Crippen LogP contribution is -2.01. The van der Waals surface area contributed by atoms with Gasteiger partial charge < -0.3 is 9.63 Å². The zero-order valence-corrected chi connectivity index (χ0v) is 5.72. The van der Waals surface area contributed by atoms with E-state index in [-0.39, 0.29) is 5.78 Å². The molecule has 0 aliphatic carbocycles. The van der Waals surface area contributed by atoms with Crippen LogP contribution in [-0.4, -0.2) is 12.4 Å². The van der Waals surface area contributed by atoms with Crippen molar-refractivity contribution in [2.75, 3.05) is 6.61 Å². The molecule has 0 saturated carbocycles. The van der Waals surface area contributed by atoms with Gasteiger partial charge in [0.25, 0.3) is 0 Å². The van der Waals surface area contributed by atoms with Gasteiger partial charge in [-0.3, -0.25) is 0 Å². The molecule has 0 aromatic rings. The van der Waals surface area contributed by atoms with Gasteiger partial charge in [-0.25, -0.2) is 5.90 Å². The summed E-state index contributed by atoms with van der Waals surface area (Å²) in [6.07, 6.45) is 2.39. The van der Waals surface area contributed by atoms with Crippen LogP contribution in [0.4, 0.5) is 0 Å². The molecule has 0 bridgehead atoms. The minimum Gasteiger partial charge on any atom is -0.305 e. The van der Waals surface area contributed by atoms with E-state index in [0.717, 1.165) is 12.8 Å². The monoisotopic (exact) mass is 131 g/mol. The predicted octanol–water partition coefficient (Wildman–Crippen LogP) is 0.636. The molecule has 9 heavy (non-hydrogen) atoms. The van der Waals surface area contributed by atoms with Crippen LogP contribution in [0.5, 0.6) is 0 Å². The highest BCUT2D eigenvalue weighted by Gasteiger charge is 1.91. The topological polar surface area (TPSA) is 52.3 Å². The van der Waals surface area contributed by atoms with Crippen molar-refractivity contribution >= 4 is 5.78 Å². The van der Waals surface area contributed by atoms with E-state index in [4.69, 9.17) is 5.90 Å². The average Bonchev–Trinajstić information content (AvgIpc) is 1.80. The number of unbranched alkanes of at least 4 members (excludes halogenated alkanes) is 1. The number of hydrogen-bond donors (Lipinski definition) is 1. The van der Waals surface area contributed by atoms with Crippen LogP contribution in [0.25, 0.3) is 0 Å². The summed E-state index contributed by atoms with van der Waals surface area (Å²) >= 11 is 0. The van der Waals surface area contributed by atoms with Crippen molar-refractivity contribution in [2.24, 2.45) is 5.90 Å². The highest BCUT2D eigenvalue weighted by Crippen LogP contribution is 1.94. The molecule has 0 radical (unpaired) electrons. The molecular formula is C6H13NO2. The summed E-state index contributed by atoms with van der Waals surface area (Å²) in [5.74, 6) is 4.99. The molecule has 54 valence electrons. The molecule has 3 nitrogen and oxygen atoms in total. The molecule has 0 spiro atoms. The lowest BCUT2D eigenvalue weighted by atomic mass is 10.2. The summed E-state index contributed by atoms with van der Waals surface area (Å²) < 4.78 is 0. The van der Waals surface area contributed by atoms with Gasteiger partial charge in [0, 0.05) is 6.42 Å². The second-order valence-electron chi connectivity index (χ2n) is 2.03. The van der Waals surface area contributed by atoms with E-state index in [1.807, 2.05) is 0 Å². The van der Waals surface area contributed by atoms with Crippen LogP contribution in [0.1, 0.15) is 26.2 Å². The van der Waals surface area contributed by atoms with Gasteiger partial charge in [0.15, 0.2) is 0 Å². The van der Waals surface area contributed by atoms with Crippen molar-refractivity contribution in [1.82, 2.24) is 0 Å². The Kier molecular flexibility index (Phi) is 5.46. The van der Waals surface area contributed by atoms with Crippen molar-refractivity contribution in [3.05, 3.63) is 0 Å². The fourth-order valence-electron chi connectivity index (χ4n) is 0.559. The third-order valence-electron chi connectivity index (χ3n) is 1.04. The first-order valence-corrected chi connectivity index (χ1v) is 3.08. The lowest BCUT2D eigenvalue weighted by molar-refractivity contribution is -0.117. The smallest absolute Gasteiger partial charge is 0.129 e. The number of ketones is 1. The molecule has 3 heteroatoms. The largest absolute Gasteiger partial charge is 0.305 e. The Hall–Kier alpha value is -0.410. The molecule has 2 N–H and O–H groups in total. The molecule has 0 aromatic carbocycles. The van der Waals surface area contributed by atoms with E-state index in [0.29, 0.717) is 13.0 Å². The number of carbonyl (C=O) groups is 1.